The largest absolute Gasteiger partial charge is 0.325 e. The van der Waals surface area contributed by atoms with Gasteiger partial charge in [-0.25, -0.2) is 13.6 Å². The maximum absolute atomic E-state index is 12.1. The number of nitrogens with zero attached hydrogens (tertiary/aromatic N) is 3. The zero-order valence-electron chi connectivity index (χ0n) is 14.6. The van der Waals surface area contributed by atoms with Crippen molar-refractivity contribution in [1.82, 2.24) is 13.5 Å². The molecule has 1 amide bonds. The molecule has 0 saturated carbocycles. The molecule has 0 aliphatic carbocycles. The molecular formula is C14H23N5O5S2. The predicted octanol–water partition coefficient (Wildman–Crippen LogP) is -1.30. The first kappa shape index (κ1) is 20.7. The van der Waals surface area contributed by atoms with E-state index in [-0.39, 0.29) is 17.3 Å². The lowest BCUT2D eigenvalue weighted by molar-refractivity contribution is -0.117. The fourth-order valence-electron chi connectivity index (χ4n) is 2.48. The second-order valence-corrected chi connectivity index (χ2v) is 9.79. The monoisotopic (exact) mass is 405 g/mol. The summed E-state index contributed by atoms with van der Waals surface area (Å²) in [5.41, 5.74) is 0.455. The summed E-state index contributed by atoms with van der Waals surface area (Å²) in [6, 6.07) is 5.55. The number of nitrogens with two attached hydrogens (primary N) is 1. The predicted molar refractivity (Wildman–Crippen MR) is 97.1 cm³/mol. The molecule has 2 rings (SSSR count). The summed E-state index contributed by atoms with van der Waals surface area (Å²) in [6.45, 7) is 1.65. The summed E-state index contributed by atoms with van der Waals surface area (Å²) in [5, 5.41) is 7.69. The van der Waals surface area contributed by atoms with Crippen molar-refractivity contribution in [1.29, 1.82) is 0 Å². The van der Waals surface area contributed by atoms with Crippen LogP contribution >= 0.6 is 0 Å². The highest BCUT2D eigenvalue weighted by Gasteiger charge is 2.29. The maximum atomic E-state index is 12.1. The van der Waals surface area contributed by atoms with Crippen molar-refractivity contribution in [3.05, 3.63) is 24.3 Å². The zero-order valence-corrected chi connectivity index (χ0v) is 16.3. The Morgan fingerprint density at radius 1 is 1.08 bits per heavy atom. The van der Waals surface area contributed by atoms with Gasteiger partial charge < -0.3 is 5.32 Å². The molecule has 0 unspecified atom stereocenters. The number of hydrogen-bond acceptors (Lipinski definition) is 6. The molecule has 1 fully saturated rings. The van der Waals surface area contributed by atoms with Gasteiger partial charge in [0.05, 0.1) is 11.4 Å². The molecule has 0 bridgehead atoms. The molecule has 1 aliphatic rings. The minimum Gasteiger partial charge on any atom is -0.325 e. The molecule has 146 valence electrons. The molecule has 0 spiro atoms. The summed E-state index contributed by atoms with van der Waals surface area (Å²) < 4.78 is 49.1. The number of amides is 1. The van der Waals surface area contributed by atoms with Crippen LogP contribution in [0.5, 0.6) is 0 Å². The minimum absolute atomic E-state index is 0.0336. The Balaban J connectivity index is 1.86. The molecular weight excluding hydrogens is 382 g/mol. The SMILES string of the molecule is CN(C)S(=O)(=O)N1CCN(CC(=O)Nc2ccc(S(N)(=O)=O)cc2)CC1. The van der Waals surface area contributed by atoms with E-state index in [1.165, 1.54) is 47.0 Å². The molecule has 0 radical (unpaired) electrons. The van der Waals surface area contributed by atoms with Crippen molar-refractivity contribution >= 4 is 31.8 Å². The molecule has 1 aromatic carbocycles. The van der Waals surface area contributed by atoms with E-state index in [1.807, 2.05) is 4.90 Å². The number of rotatable bonds is 6. The van der Waals surface area contributed by atoms with E-state index in [4.69, 9.17) is 5.14 Å². The van der Waals surface area contributed by atoms with Gasteiger partial charge in [-0.05, 0) is 24.3 Å². The molecule has 1 aromatic rings. The van der Waals surface area contributed by atoms with Crippen LogP contribution < -0.4 is 10.5 Å². The number of carbonyl (C=O) groups excluding carboxylic acids is 1. The van der Waals surface area contributed by atoms with E-state index >= 15 is 0 Å². The van der Waals surface area contributed by atoms with E-state index in [9.17, 15) is 21.6 Å². The summed E-state index contributed by atoms with van der Waals surface area (Å²) in [7, 11) is -4.24. The van der Waals surface area contributed by atoms with Crippen LogP contribution in [0.3, 0.4) is 0 Å². The van der Waals surface area contributed by atoms with Gasteiger partial charge in [0.1, 0.15) is 0 Å². The van der Waals surface area contributed by atoms with E-state index in [0.29, 0.717) is 31.9 Å². The van der Waals surface area contributed by atoms with Gasteiger partial charge in [-0.2, -0.15) is 17.0 Å². The Kier molecular flexibility index (Phi) is 6.37. The molecule has 26 heavy (non-hydrogen) atoms. The van der Waals surface area contributed by atoms with Crippen molar-refractivity contribution in [3.63, 3.8) is 0 Å². The Hall–Kier alpha value is -1.57. The molecule has 1 aliphatic heterocycles. The van der Waals surface area contributed by atoms with Crippen molar-refractivity contribution in [2.75, 3.05) is 52.1 Å². The summed E-state index contributed by atoms with van der Waals surface area (Å²) in [6.07, 6.45) is 0. The van der Waals surface area contributed by atoms with Crippen LogP contribution in [-0.2, 0) is 25.0 Å². The Labute approximate surface area is 153 Å². The highest BCUT2D eigenvalue weighted by Crippen LogP contribution is 2.13. The van der Waals surface area contributed by atoms with E-state index in [2.05, 4.69) is 5.32 Å². The quantitative estimate of drug-likeness (QED) is 0.604. The number of piperazine rings is 1. The number of anilines is 1. The van der Waals surface area contributed by atoms with Gasteiger partial charge in [-0.1, -0.05) is 0 Å². The smallest absolute Gasteiger partial charge is 0.281 e. The van der Waals surface area contributed by atoms with Gasteiger partial charge in [0.2, 0.25) is 15.9 Å². The van der Waals surface area contributed by atoms with Crippen LogP contribution in [0.2, 0.25) is 0 Å². The van der Waals surface area contributed by atoms with E-state index in [0.717, 1.165) is 0 Å². The Bertz CT molecular complexity index is 844. The number of hydrogen-bond donors (Lipinski definition) is 2. The van der Waals surface area contributed by atoms with Crippen LogP contribution in [0.25, 0.3) is 0 Å². The lowest BCUT2D eigenvalue weighted by atomic mass is 10.3. The third kappa shape index (κ3) is 5.22. The Morgan fingerprint density at radius 3 is 2.08 bits per heavy atom. The minimum atomic E-state index is -3.77. The van der Waals surface area contributed by atoms with Gasteiger partial charge in [-0.3, -0.25) is 9.69 Å². The Morgan fingerprint density at radius 2 is 1.62 bits per heavy atom. The van der Waals surface area contributed by atoms with Gasteiger partial charge in [0, 0.05) is 46.0 Å². The van der Waals surface area contributed by atoms with Crippen molar-refractivity contribution in [2.45, 2.75) is 4.90 Å². The zero-order chi connectivity index (χ0) is 19.5. The molecule has 1 heterocycles. The van der Waals surface area contributed by atoms with E-state index in [1.54, 1.807) is 0 Å². The lowest BCUT2D eigenvalue weighted by Gasteiger charge is -2.34. The van der Waals surface area contributed by atoms with Gasteiger partial charge >= 0.3 is 0 Å². The molecule has 0 atom stereocenters. The van der Waals surface area contributed by atoms with Crippen LogP contribution in [0, 0.1) is 0 Å². The topological polar surface area (TPSA) is 133 Å². The number of primary sulfonamides is 1. The lowest BCUT2D eigenvalue weighted by Crippen LogP contribution is -2.52. The molecule has 0 aromatic heterocycles. The second-order valence-electron chi connectivity index (χ2n) is 6.08. The maximum Gasteiger partial charge on any atom is 0.281 e. The fraction of sp³-hybridized carbons (Fsp3) is 0.500. The normalized spacial score (nSPS) is 17.4. The third-order valence-electron chi connectivity index (χ3n) is 3.95. The molecule has 3 N–H and O–H groups in total. The van der Waals surface area contributed by atoms with E-state index < -0.39 is 20.2 Å². The van der Waals surface area contributed by atoms with Gasteiger partial charge in [0.25, 0.3) is 10.2 Å². The van der Waals surface area contributed by atoms with Crippen LogP contribution in [0.4, 0.5) is 5.69 Å². The highest BCUT2D eigenvalue weighted by atomic mass is 32.2. The first-order valence-electron chi connectivity index (χ1n) is 7.83. The number of carbonyl (C=O) groups is 1. The summed E-state index contributed by atoms with van der Waals surface area (Å²) in [5.74, 6) is -0.266. The van der Waals surface area contributed by atoms with Crippen molar-refractivity contribution in [2.24, 2.45) is 5.14 Å². The van der Waals surface area contributed by atoms with Crippen molar-refractivity contribution < 1.29 is 21.6 Å². The first-order chi connectivity index (χ1) is 12.0. The van der Waals surface area contributed by atoms with Crippen LogP contribution in [-0.4, -0.2) is 83.1 Å². The van der Waals surface area contributed by atoms with Gasteiger partial charge in [-0.15, -0.1) is 0 Å². The average molecular weight is 406 g/mol. The average Bonchev–Trinajstić information content (AvgIpc) is 2.54. The first-order valence-corrected chi connectivity index (χ1v) is 10.8. The molecule has 12 heteroatoms. The van der Waals surface area contributed by atoms with Gasteiger partial charge in [0.15, 0.2) is 0 Å². The molecule has 10 nitrogen and oxygen atoms in total. The number of nitrogens with one attached hydrogen (secondary N) is 1. The number of sulfonamides is 1. The fourth-order valence-corrected chi connectivity index (χ4v) is 4.08. The third-order valence-corrected chi connectivity index (χ3v) is 6.82. The molecule has 1 saturated heterocycles. The van der Waals surface area contributed by atoms with Crippen molar-refractivity contribution in [3.8, 4) is 0 Å². The second kappa shape index (κ2) is 7.98. The summed E-state index contributed by atoms with van der Waals surface area (Å²) >= 11 is 0. The highest BCUT2D eigenvalue weighted by molar-refractivity contribution is 7.89. The number of benzene rings is 1. The summed E-state index contributed by atoms with van der Waals surface area (Å²) in [4.78, 5) is 13.9. The van der Waals surface area contributed by atoms with Crippen LogP contribution in [0.15, 0.2) is 29.2 Å². The standard InChI is InChI=1S/C14H23N5O5S2/c1-17(2)26(23,24)19-9-7-18(8-10-19)11-14(20)16-12-3-5-13(6-4-12)25(15,21)22/h3-6H,7-11H2,1-2H3,(H,16,20)(H2,15,21,22). The van der Waals surface area contributed by atoms with Crippen LogP contribution in [0.1, 0.15) is 0 Å².